The smallest absolute Gasteiger partial charge is 0.161 e. The first-order chi connectivity index (χ1) is 7.29. The van der Waals surface area contributed by atoms with E-state index < -0.39 is 0 Å². The summed E-state index contributed by atoms with van der Waals surface area (Å²) in [6.45, 7) is 0.410. The Morgan fingerprint density at radius 2 is 2.20 bits per heavy atom. The molecule has 1 unspecified atom stereocenters. The summed E-state index contributed by atoms with van der Waals surface area (Å²) in [6, 6.07) is 7.42. The number of rotatable bonds is 2. The van der Waals surface area contributed by atoms with Gasteiger partial charge < -0.3 is 20.4 Å². The van der Waals surface area contributed by atoms with E-state index in [4.69, 9.17) is 20.4 Å². The molecule has 5 nitrogen and oxygen atoms in total. The Labute approximate surface area is 87.1 Å². The van der Waals surface area contributed by atoms with Crippen LogP contribution in [0, 0.1) is 0 Å². The van der Waals surface area contributed by atoms with Crippen molar-refractivity contribution in [2.45, 2.75) is 12.5 Å². The topological polar surface area (TPSA) is 77.1 Å². The Morgan fingerprint density at radius 3 is 2.93 bits per heavy atom. The molecule has 2 rings (SSSR count). The summed E-state index contributed by atoms with van der Waals surface area (Å²) in [5.74, 6) is 1.57. The quantitative estimate of drug-likeness (QED) is 0.328. The average Bonchev–Trinajstić information content (AvgIpc) is 2.29. The molecule has 1 aliphatic rings. The number of hydrogen-bond donors (Lipinski definition) is 2. The van der Waals surface area contributed by atoms with Gasteiger partial charge in [-0.25, -0.2) is 0 Å². The summed E-state index contributed by atoms with van der Waals surface area (Å²) in [5.41, 5.74) is 5.39. The normalized spacial score (nSPS) is 20.0. The average molecular weight is 208 g/mol. The molecule has 1 aliphatic heterocycles. The number of fused-ring (bicyclic) bond motifs is 1. The van der Waals surface area contributed by atoms with E-state index in [-0.39, 0.29) is 11.9 Å². The van der Waals surface area contributed by atoms with Gasteiger partial charge in [0.15, 0.2) is 11.5 Å². The zero-order valence-electron chi connectivity index (χ0n) is 8.09. The van der Waals surface area contributed by atoms with Gasteiger partial charge in [-0.3, -0.25) is 0 Å². The molecule has 0 spiro atoms. The number of nitrogens with two attached hydrogens (primary N) is 1. The molecule has 1 aromatic rings. The molecule has 1 atom stereocenters. The van der Waals surface area contributed by atoms with Gasteiger partial charge in [0.2, 0.25) is 0 Å². The molecule has 80 valence electrons. The molecule has 5 heteroatoms. The summed E-state index contributed by atoms with van der Waals surface area (Å²) in [4.78, 5) is 0. The zero-order chi connectivity index (χ0) is 10.7. The third kappa shape index (κ3) is 2.12. The van der Waals surface area contributed by atoms with Gasteiger partial charge in [-0.05, 0) is 12.1 Å². The van der Waals surface area contributed by atoms with E-state index in [1.165, 1.54) is 0 Å². The molecule has 0 aromatic heterocycles. The molecule has 3 N–H and O–H groups in total. The number of nitrogens with zero attached hydrogens (tertiary/aromatic N) is 1. The molecule has 1 heterocycles. The first-order valence-corrected chi connectivity index (χ1v) is 4.64. The van der Waals surface area contributed by atoms with Crippen molar-refractivity contribution in [2.24, 2.45) is 10.9 Å². The minimum atomic E-state index is -0.198. The maximum Gasteiger partial charge on any atom is 0.161 e. The van der Waals surface area contributed by atoms with Crippen LogP contribution in [0.25, 0.3) is 0 Å². The first-order valence-electron chi connectivity index (χ1n) is 4.64. The second kappa shape index (κ2) is 4.08. The maximum atomic E-state index is 8.43. The highest BCUT2D eigenvalue weighted by atomic mass is 16.6. The lowest BCUT2D eigenvalue weighted by atomic mass is 10.2. The van der Waals surface area contributed by atoms with Crippen LogP contribution >= 0.6 is 0 Å². The first kappa shape index (κ1) is 9.64. The van der Waals surface area contributed by atoms with Gasteiger partial charge in [-0.1, -0.05) is 17.3 Å². The van der Waals surface area contributed by atoms with E-state index in [2.05, 4.69) is 5.16 Å². The molecule has 0 amide bonds. The van der Waals surface area contributed by atoms with E-state index in [9.17, 15) is 0 Å². The second-order valence-electron chi connectivity index (χ2n) is 3.29. The predicted octanol–water partition coefficient (Wildman–Crippen LogP) is 0.963. The maximum absolute atomic E-state index is 8.43. The lowest BCUT2D eigenvalue weighted by Gasteiger charge is -2.25. The van der Waals surface area contributed by atoms with Gasteiger partial charge in [0.25, 0.3) is 0 Å². The Hall–Kier alpha value is -1.91. The van der Waals surface area contributed by atoms with E-state index in [1.807, 2.05) is 24.3 Å². The van der Waals surface area contributed by atoms with Crippen molar-refractivity contribution in [1.29, 1.82) is 0 Å². The van der Waals surface area contributed by atoms with Gasteiger partial charge in [-0.2, -0.15) is 0 Å². The van der Waals surface area contributed by atoms with Crippen molar-refractivity contribution in [3.63, 3.8) is 0 Å². The number of ether oxygens (including phenoxy) is 2. The Kier molecular flexibility index (Phi) is 2.62. The van der Waals surface area contributed by atoms with Crippen LogP contribution in [0.1, 0.15) is 6.42 Å². The van der Waals surface area contributed by atoms with E-state index >= 15 is 0 Å². The minimum absolute atomic E-state index is 0.142. The van der Waals surface area contributed by atoms with E-state index in [0.717, 1.165) is 5.75 Å². The molecule has 1 aromatic carbocycles. The largest absolute Gasteiger partial charge is 0.486 e. The van der Waals surface area contributed by atoms with Crippen molar-refractivity contribution >= 4 is 5.84 Å². The van der Waals surface area contributed by atoms with Crippen molar-refractivity contribution in [3.05, 3.63) is 24.3 Å². The number of benzene rings is 1. The van der Waals surface area contributed by atoms with Crippen molar-refractivity contribution < 1.29 is 14.7 Å². The van der Waals surface area contributed by atoms with Crippen LogP contribution in [-0.4, -0.2) is 23.8 Å². The van der Waals surface area contributed by atoms with Crippen LogP contribution < -0.4 is 15.2 Å². The van der Waals surface area contributed by atoms with Crippen molar-refractivity contribution in [2.75, 3.05) is 6.61 Å². The fraction of sp³-hybridized carbons (Fsp3) is 0.300. The highest BCUT2D eigenvalue weighted by molar-refractivity contribution is 5.80. The minimum Gasteiger partial charge on any atom is -0.486 e. The number of amidine groups is 1. The van der Waals surface area contributed by atoms with Crippen LogP contribution in [0.2, 0.25) is 0 Å². The molecule has 0 saturated heterocycles. The molecular formula is C10H12N2O3. The number of hydrogen-bond acceptors (Lipinski definition) is 4. The van der Waals surface area contributed by atoms with Crippen LogP contribution in [0.15, 0.2) is 29.4 Å². The van der Waals surface area contributed by atoms with Gasteiger partial charge in [0.1, 0.15) is 18.5 Å². The fourth-order valence-corrected chi connectivity index (χ4v) is 1.44. The zero-order valence-corrected chi connectivity index (χ0v) is 8.09. The molecule has 0 aliphatic carbocycles. The van der Waals surface area contributed by atoms with Crippen LogP contribution in [0.3, 0.4) is 0 Å². The van der Waals surface area contributed by atoms with Gasteiger partial charge >= 0.3 is 0 Å². The van der Waals surface area contributed by atoms with Crippen LogP contribution in [0.5, 0.6) is 11.5 Å². The summed E-state index contributed by atoms with van der Waals surface area (Å²) in [7, 11) is 0. The number of oxime groups is 1. The fourth-order valence-electron chi connectivity index (χ4n) is 1.44. The molecule has 0 fully saturated rings. The van der Waals surface area contributed by atoms with Gasteiger partial charge in [0.05, 0.1) is 0 Å². The van der Waals surface area contributed by atoms with Gasteiger partial charge in [-0.15, -0.1) is 0 Å². The SMILES string of the molecule is N/C(CC1COc2ccccc2O1)=N\O. The predicted molar refractivity (Wildman–Crippen MR) is 54.4 cm³/mol. The van der Waals surface area contributed by atoms with E-state index in [0.29, 0.717) is 18.8 Å². The monoisotopic (exact) mass is 208 g/mol. The summed E-state index contributed by atoms with van der Waals surface area (Å²) in [6.07, 6.45) is 0.154. The highest BCUT2D eigenvalue weighted by Gasteiger charge is 2.21. The standard InChI is InChI=1S/C10H12N2O3/c11-10(12-13)5-7-6-14-8-3-1-2-4-9(8)15-7/h1-4,7,13H,5-6H2,(H2,11,12). The highest BCUT2D eigenvalue weighted by Crippen LogP contribution is 2.31. The summed E-state index contributed by atoms with van der Waals surface area (Å²) in [5, 5.41) is 11.3. The Morgan fingerprint density at radius 1 is 1.47 bits per heavy atom. The molecule has 0 saturated carbocycles. The number of para-hydroxylation sites is 2. The Balaban J connectivity index is 2.06. The Bertz CT molecular complexity index is 379. The third-order valence-electron chi connectivity index (χ3n) is 2.13. The lowest BCUT2D eigenvalue weighted by Crippen LogP contribution is -2.33. The summed E-state index contributed by atoms with van der Waals surface area (Å²) >= 11 is 0. The molecule has 15 heavy (non-hydrogen) atoms. The van der Waals surface area contributed by atoms with Crippen molar-refractivity contribution in [3.8, 4) is 11.5 Å². The van der Waals surface area contributed by atoms with Gasteiger partial charge in [0, 0.05) is 6.42 Å². The third-order valence-corrected chi connectivity index (χ3v) is 2.13. The molecular weight excluding hydrogens is 196 g/mol. The molecule has 0 radical (unpaired) electrons. The summed E-state index contributed by atoms with van der Waals surface area (Å²) < 4.78 is 11.1. The van der Waals surface area contributed by atoms with E-state index in [1.54, 1.807) is 0 Å². The molecule has 0 bridgehead atoms. The second-order valence-corrected chi connectivity index (χ2v) is 3.29. The lowest BCUT2D eigenvalue weighted by molar-refractivity contribution is 0.0952. The van der Waals surface area contributed by atoms with Crippen LogP contribution in [0.4, 0.5) is 0 Å². The van der Waals surface area contributed by atoms with Crippen LogP contribution in [-0.2, 0) is 0 Å². The van der Waals surface area contributed by atoms with Crippen molar-refractivity contribution in [1.82, 2.24) is 0 Å².